The molecule has 106 valence electrons. The van der Waals surface area contributed by atoms with Crippen LogP contribution in [0, 0.1) is 0 Å². The summed E-state index contributed by atoms with van der Waals surface area (Å²) in [5.74, 6) is 0.843. The van der Waals surface area contributed by atoms with Crippen molar-refractivity contribution in [3.63, 3.8) is 0 Å². The Morgan fingerprint density at radius 3 is 2.89 bits per heavy atom. The molecule has 0 saturated carbocycles. The van der Waals surface area contributed by atoms with E-state index in [1.54, 1.807) is 0 Å². The molecule has 2 N–H and O–H groups in total. The fraction of sp³-hybridized carbons (Fsp3) is 0.571. The summed E-state index contributed by atoms with van der Waals surface area (Å²) in [5.41, 5.74) is 8.51. The Morgan fingerprint density at radius 2 is 2.05 bits per heavy atom. The summed E-state index contributed by atoms with van der Waals surface area (Å²) in [7, 11) is 0. The zero-order valence-corrected chi connectivity index (χ0v) is 11.3. The molecule has 0 aromatic heterocycles. The van der Waals surface area contributed by atoms with Crippen LogP contribution in [0.1, 0.15) is 24.5 Å². The second kappa shape index (κ2) is 7.33. The van der Waals surface area contributed by atoms with E-state index in [4.69, 9.17) is 24.7 Å². The van der Waals surface area contributed by atoms with Gasteiger partial charge in [0, 0.05) is 23.4 Å². The van der Waals surface area contributed by atoms with Gasteiger partial charge in [-0.2, -0.15) is 0 Å². The number of fused-ring (bicyclic) bond motifs is 1. The fourth-order valence-corrected chi connectivity index (χ4v) is 1.98. The molecule has 0 radical (unpaired) electrons. The molecule has 0 amide bonds. The van der Waals surface area contributed by atoms with Crippen LogP contribution < -0.4 is 10.5 Å². The van der Waals surface area contributed by atoms with Crippen molar-refractivity contribution >= 4 is 5.69 Å². The van der Waals surface area contributed by atoms with Crippen molar-refractivity contribution in [2.24, 2.45) is 0 Å². The maximum Gasteiger partial charge on any atom is 0.189 e. The highest BCUT2D eigenvalue weighted by atomic mass is 16.7. The third-order valence-corrected chi connectivity index (χ3v) is 2.79. The van der Waals surface area contributed by atoms with Crippen molar-refractivity contribution in [3.8, 4) is 5.75 Å². The van der Waals surface area contributed by atoms with Crippen LogP contribution in [0.2, 0.25) is 0 Å². The number of hydrogen-bond donors (Lipinski definition) is 1. The minimum Gasteiger partial charge on any atom is -0.467 e. The van der Waals surface area contributed by atoms with Crippen molar-refractivity contribution in [1.29, 1.82) is 0 Å². The van der Waals surface area contributed by atoms with Gasteiger partial charge in [-0.15, -0.1) is 0 Å². The molecule has 2 rings (SSSR count). The van der Waals surface area contributed by atoms with Crippen molar-refractivity contribution < 1.29 is 18.9 Å². The normalized spacial score (nSPS) is 13.9. The Hall–Kier alpha value is -1.30. The van der Waals surface area contributed by atoms with E-state index in [0.29, 0.717) is 32.1 Å². The predicted molar refractivity (Wildman–Crippen MR) is 71.9 cm³/mol. The Kier molecular flexibility index (Phi) is 5.44. The molecule has 5 nitrogen and oxygen atoms in total. The molecule has 1 aromatic carbocycles. The minimum absolute atomic E-state index is 0.281. The monoisotopic (exact) mass is 267 g/mol. The van der Waals surface area contributed by atoms with Gasteiger partial charge in [0.15, 0.2) is 6.79 Å². The van der Waals surface area contributed by atoms with E-state index in [2.05, 4.69) is 6.92 Å². The summed E-state index contributed by atoms with van der Waals surface area (Å²) < 4.78 is 21.7. The number of anilines is 1. The van der Waals surface area contributed by atoms with Crippen LogP contribution >= 0.6 is 0 Å². The fourth-order valence-electron chi connectivity index (χ4n) is 1.98. The number of nitrogen functional groups attached to an aromatic ring is 1. The molecule has 1 aromatic rings. The average Bonchev–Trinajstić information content (AvgIpc) is 2.42. The van der Waals surface area contributed by atoms with E-state index >= 15 is 0 Å². The predicted octanol–water partition coefficient (Wildman–Crippen LogP) is 2.08. The zero-order valence-electron chi connectivity index (χ0n) is 11.3. The Balaban J connectivity index is 1.87. The largest absolute Gasteiger partial charge is 0.467 e. The molecule has 1 aliphatic rings. The topological polar surface area (TPSA) is 62.9 Å². The van der Waals surface area contributed by atoms with Gasteiger partial charge in [0.05, 0.1) is 26.4 Å². The average molecular weight is 267 g/mol. The van der Waals surface area contributed by atoms with Crippen molar-refractivity contribution in [3.05, 3.63) is 23.3 Å². The van der Waals surface area contributed by atoms with Gasteiger partial charge in [0.1, 0.15) is 5.75 Å². The second-order valence-electron chi connectivity index (χ2n) is 4.44. The number of hydrogen-bond acceptors (Lipinski definition) is 5. The molecule has 5 heteroatoms. The smallest absolute Gasteiger partial charge is 0.189 e. The van der Waals surface area contributed by atoms with Gasteiger partial charge >= 0.3 is 0 Å². The number of benzene rings is 1. The highest BCUT2D eigenvalue weighted by Gasteiger charge is 2.16. The first-order chi connectivity index (χ1) is 9.31. The Labute approximate surface area is 113 Å². The van der Waals surface area contributed by atoms with E-state index in [-0.39, 0.29) is 6.79 Å². The molecule has 0 saturated heterocycles. The number of rotatable bonds is 7. The highest BCUT2D eigenvalue weighted by molar-refractivity contribution is 5.53. The summed E-state index contributed by atoms with van der Waals surface area (Å²) in [4.78, 5) is 0. The first kappa shape index (κ1) is 14.1. The molecule has 19 heavy (non-hydrogen) atoms. The first-order valence-corrected chi connectivity index (χ1v) is 6.58. The minimum atomic E-state index is 0.281. The van der Waals surface area contributed by atoms with Crippen molar-refractivity contribution in [2.45, 2.75) is 26.6 Å². The number of ether oxygens (including phenoxy) is 4. The van der Waals surface area contributed by atoms with E-state index < -0.39 is 0 Å². The van der Waals surface area contributed by atoms with Crippen LogP contribution in [0.4, 0.5) is 5.69 Å². The third-order valence-electron chi connectivity index (χ3n) is 2.79. The third kappa shape index (κ3) is 4.09. The Morgan fingerprint density at radius 1 is 1.21 bits per heavy atom. The van der Waals surface area contributed by atoms with E-state index in [1.165, 1.54) is 0 Å². The summed E-state index contributed by atoms with van der Waals surface area (Å²) in [5, 5.41) is 0. The molecular weight excluding hydrogens is 246 g/mol. The first-order valence-electron chi connectivity index (χ1n) is 6.58. The van der Waals surface area contributed by atoms with Gasteiger partial charge in [-0.05, 0) is 18.6 Å². The van der Waals surface area contributed by atoms with E-state index in [9.17, 15) is 0 Å². The van der Waals surface area contributed by atoms with Crippen LogP contribution in [-0.4, -0.2) is 26.6 Å². The second-order valence-corrected chi connectivity index (χ2v) is 4.44. The van der Waals surface area contributed by atoms with Crippen LogP contribution in [0.15, 0.2) is 12.1 Å². The van der Waals surface area contributed by atoms with Gasteiger partial charge in [-0.1, -0.05) is 6.92 Å². The standard InChI is InChI=1S/C14H21NO4/c1-2-3-16-4-5-17-8-11-6-13(15)7-12-9-18-10-19-14(11)12/h6-7H,2-5,8-10,15H2,1H3. The molecule has 0 aliphatic carbocycles. The van der Waals surface area contributed by atoms with Gasteiger partial charge in [0.2, 0.25) is 0 Å². The quantitative estimate of drug-likeness (QED) is 0.605. The molecule has 0 atom stereocenters. The van der Waals surface area contributed by atoms with Gasteiger partial charge < -0.3 is 24.7 Å². The summed E-state index contributed by atoms with van der Waals surface area (Å²) in [6, 6.07) is 3.76. The molecule has 1 heterocycles. The summed E-state index contributed by atoms with van der Waals surface area (Å²) >= 11 is 0. The maximum atomic E-state index is 5.86. The molecule has 0 fully saturated rings. The molecule has 0 unspecified atom stereocenters. The van der Waals surface area contributed by atoms with Gasteiger partial charge in [-0.3, -0.25) is 0 Å². The lowest BCUT2D eigenvalue weighted by molar-refractivity contribution is -0.0191. The lowest BCUT2D eigenvalue weighted by Crippen LogP contribution is -2.14. The van der Waals surface area contributed by atoms with Crippen LogP contribution in [-0.2, 0) is 27.4 Å². The summed E-state index contributed by atoms with van der Waals surface area (Å²) in [6.07, 6.45) is 1.02. The van der Waals surface area contributed by atoms with Gasteiger partial charge in [0.25, 0.3) is 0 Å². The zero-order chi connectivity index (χ0) is 13.5. The van der Waals surface area contributed by atoms with Crippen LogP contribution in [0.5, 0.6) is 5.75 Å². The van der Waals surface area contributed by atoms with Crippen LogP contribution in [0.25, 0.3) is 0 Å². The maximum absolute atomic E-state index is 5.86. The van der Waals surface area contributed by atoms with Crippen molar-refractivity contribution in [1.82, 2.24) is 0 Å². The molecule has 0 bridgehead atoms. The summed E-state index contributed by atoms with van der Waals surface area (Å²) in [6.45, 7) is 5.33. The lowest BCUT2D eigenvalue weighted by atomic mass is 10.1. The van der Waals surface area contributed by atoms with Crippen LogP contribution in [0.3, 0.4) is 0 Å². The van der Waals surface area contributed by atoms with E-state index in [0.717, 1.165) is 29.9 Å². The SMILES string of the molecule is CCCOCCOCc1cc(N)cc2c1OCOC2. The Bertz CT molecular complexity index is 409. The highest BCUT2D eigenvalue weighted by Crippen LogP contribution is 2.31. The molecule has 1 aliphatic heterocycles. The molecule has 0 spiro atoms. The van der Waals surface area contributed by atoms with E-state index in [1.807, 2.05) is 12.1 Å². The van der Waals surface area contributed by atoms with Crippen molar-refractivity contribution in [2.75, 3.05) is 32.3 Å². The van der Waals surface area contributed by atoms with Gasteiger partial charge in [-0.25, -0.2) is 0 Å². The number of nitrogens with two attached hydrogens (primary N) is 1. The lowest BCUT2D eigenvalue weighted by Gasteiger charge is -2.21. The molecular formula is C14H21NO4.